The fourth-order valence-corrected chi connectivity index (χ4v) is 4.34. The number of benzene rings is 2. The number of halogens is 5. The summed E-state index contributed by atoms with van der Waals surface area (Å²) < 4.78 is 57.0. The summed E-state index contributed by atoms with van der Waals surface area (Å²) in [7, 11) is 0. The lowest BCUT2D eigenvalue weighted by atomic mass is 10.1. The van der Waals surface area contributed by atoms with Crippen LogP contribution in [0.4, 0.5) is 17.6 Å². The average Bonchev–Trinajstić information content (AvgIpc) is 3.36. The lowest BCUT2D eigenvalue weighted by Crippen LogP contribution is -2.46. The molecule has 1 aromatic heterocycles. The van der Waals surface area contributed by atoms with Crippen LogP contribution in [0, 0.1) is 17.5 Å². The number of hydrogen-bond donors (Lipinski definition) is 2. The summed E-state index contributed by atoms with van der Waals surface area (Å²) in [5.74, 6) is -5.40. The van der Waals surface area contributed by atoms with Crippen molar-refractivity contribution in [2.45, 2.75) is 31.7 Å². The number of aromatic nitrogens is 1. The fraction of sp³-hybridized carbons (Fsp3) is 0.261. The molecule has 1 aliphatic rings. The maximum absolute atomic E-state index is 14.2. The second-order valence-electron chi connectivity index (χ2n) is 8.14. The van der Waals surface area contributed by atoms with E-state index in [1.54, 1.807) is 0 Å². The Hall–Kier alpha value is -3.60. The molecule has 2 aromatic carbocycles. The highest BCUT2D eigenvalue weighted by atomic mass is 35.5. The summed E-state index contributed by atoms with van der Waals surface area (Å²) in [6.07, 6.45) is -0.579. The number of nitrogens with two attached hydrogens (primary N) is 1. The van der Waals surface area contributed by atoms with Crippen molar-refractivity contribution in [1.82, 2.24) is 14.8 Å². The number of alkyl halides is 1. The van der Waals surface area contributed by atoms with Gasteiger partial charge in [0.05, 0.1) is 22.6 Å². The first kappa shape index (κ1) is 24.5. The molecule has 0 radical (unpaired) electrons. The van der Waals surface area contributed by atoms with Gasteiger partial charge in [-0.25, -0.2) is 17.6 Å². The standard InChI is InChI=1S/C23H19ClF4N4O3/c24-15-3-1-2-11(21(15)28)7-30-23(35)19-4-12(25)8-32(19)20(33)10-31-9-14(22(29)34)13-5-16(26)17(27)6-18(13)31/h1-3,5-6,9,12,19H,4,7-8,10H2,(H2,29,34)(H,30,35)/t12-,19+/m1/s1. The Morgan fingerprint density at radius 2 is 1.86 bits per heavy atom. The van der Waals surface area contributed by atoms with Gasteiger partial charge < -0.3 is 20.5 Å². The Kier molecular flexibility index (Phi) is 6.70. The minimum Gasteiger partial charge on any atom is -0.366 e. The summed E-state index contributed by atoms with van der Waals surface area (Å²) in [6, 6.07) is 4.72. The van der Waals surface area contributed by atoms with E-state index in [4.69, 9.17) is 17.3 Å². The Labute approximate surface area is 201 Å². The molecule has 35 heavy (non-hydrogen) atoms. The third-order valence-electron chi connectivity index (χ3n) is 5.85. The van der Waals surface area contributed by atoms with E-state index in [0.717, 1.165) is 17.0 Å². The second kappa shape index (κ2) is 9.57. The van der Waals surface area contributed by atoms with Crippen LogP contribution in [0.5, 0.6) is 0 Å². The number of primary amides is 1. The van der Waals surface area contributed by atoms with Crippen LogP contribution < -0.4 is 11.1 Å². The molecule has 3 amide bonds. The van der Waals surface area contributed by atoms with Gasteiger partial charge in [-0.05, 0) is 12.1 Å². The van der Waals surface area contributed by atoms with E-state index >= 15 is 0 Å². The first-order chi connectivity index (χ1) is 16.6. The molecule has 1 aliphatic heterocycles. The van der Waals surface area contributed by atoms with Crippen LogP contribution in [0.25, 0.3) is 10.9 Å². The predicted octanol–water partition coefficient (Wildman–Crippen LogP) is 3.07. The van der Waals surface area contributed by atoms with Crippen molar-refractivity contribution in [3.63, 3.8) is 0 Å². The molecule has 0 saturated carbocycles. The molecule has 0 spiro atoms. The molecule has 1 saturated heterocycles. The molecule has 184 valence electrons. The molecule has 0 unspecified atom stereocenters. The number of carbonyl (C=O) groups excluding carboxylic acids is 3. The van der Waals surface area contributed by atoms with Crippen molar-refractivity contribution in [3.8, 4) is 0 Å². The molecule has 0 aliphatic carbocycles. The van der Waals surface area contributed by atoms with Gasteiger partial charge in [0.15, 0.2) is 11.6 Å². The third kappa shape index (κ3) is 4.81. The van der Waals surface area contributed by atoms with Gasteiger partial charge in [0.2, 0.25) is 11.8 Å². The maximum Gasteiger partial charge on any atom is 0.250 e. The molecule has 2 atom stereocenters. The average molecular weight is 511 g/mol. The van der Waals surface area contributed by atoms with Crippen LogP contribution in [0.15, 0.2) is 36.5 Å². The summed E-state index contributed by atoms with van der Waals surface area (Å²) in [6.45, 7) is -1.09. The number of amides is 3. The van der Waals surface area contributed by atoms with Gasteiger partial charge in [0.25, 0.3) is 5.91 Å². The van der Waals surface area contributed by atoms with Gasteiger partial charge in [-0.2, -0.15) is 0 Å². The first-order valence-electron chi connectivity index (χ1n) is 10.5. The Balaban J connectivity index is 1.54. The largest absolute Gasteiger partial charge is 0.366 e. The van der Waals surface area contributed by atoms with E-state index in [9.17, 15) is 31.9 Å². The second-order valence-corrected chi connectivity index (χ2v) is 8.55. The molecule has 12 heteroatoms. The van der Waals surface area contributed by atoms with E-state index in [1.807, 2.05) is 0 Å². The molecule has 4 rings (SSSR count). The van der Waals surface area contributed by atoms with E-state index in [-0.39, 0.29) is 46.6 Å². The van der Waals surface area contributed by atoms with Gasteiger partial charge in [0.1, 0.15) is 24.6 Å². The van der Waals surface area contributed by atoms with Crippen LogP contribution in [0.3, 0.4) is 0 Å². The van der Waals surface area contributed by atoms with Gasteiger partial charge in [-0.1, -0.05) is 23.7 Å². The normalized spacial score (nSPS) is 17.7. The minimum atomic E-state index is -1.48. The summed E-state index contributed by atoms with van der Waals surface area (Å²) in [5.41, 5.74) is 5.33. The Bertz CT molecular complexity index is 1350. The molecule has 0 bridgehead atoms. The quantitative estimate of drug-likeness (QED) is 0.499. The zero-order chi connectivity index (χ0) is 25.4. The van der Waals surface area contributed by atoms with Crippen molar-refractivity contribution in [2.75, 3.05) is 6.54 Å². The topological polar surface area (TPSA) is 97.4 Å². The molecule has 7 nitrogen and oxygen atoms in total. The molecule has 3 aromatic rings. The van der Waals surface area contributed by atoms with Crippen LogP contribution in [-0.4, -0.2) is 45.9 Å². The minimum absolute atomic E-state index is 0.00633. The molecule has 1 fully saturated rings. The van der Waals surface area contributed by atoms with Crippen molar-refractivity contribution < 1.29 is 31.9 Å². The van der Waals surface area contributed by atoms with E-state index in [1.165, 1.54) is 29.0 Å². The van der Waals surface area contributed by atoms with Crippen molar-refractivity contribution >= 4 is 40.2 Å². The van der Waals surface area contributed by atoms with Gasteiger partial charge >= 0.3 is 0 Å². The van der Waals surface area contributed by atoms with Crippen LogP contribution in [0.1, 0.15) is 22.3 Å². The zero-order valence-corrected chi connectivity index (χ0v) is 18.8. The maximum atomic E-state index is 14.2. The number of carbonyl (C=O) groups is 3. The lowest BCUT2D eigenvalue weighted by Gasteiger charge is -2.24. The molecular weight excluding hydrogens is 492 g/mol. The van der Waals surface area contributed by atoms with Crippen molar-refractivity contribution in [3.05, 3.63) is 70.1 Å². The van der Waals surface area contributed by atoms with E-state index < -0.39 is 53.9 Å². The smallest absolute Gasteiger partial charge is 0.250 e. The summed E-state index contributed by atoms with van der Waals surface area (Å²) in [4.78, 5) is 38.5. The Morgan fingerprint density at radius 3 is 2.57 bits per heavy atom. The van der Waals surface area contributed by atoms with Crippen molar-refractivity contribution in [2.24, 2.45) is 5.73 Å². The lowest BCUT2D eigenvalue weighted by molar-refractivity contribution is -0.139. The summed E-state index contributed by atoms with van der Waals surface area (Å²) in [5, 5.41) is 2.37. The number of rotatable bonds is 6. The van der Waals surface area contributed by atoms with Gasteiger partial charge in [0, 0.05) is 36.2 Å². The molecular formula is C23H19ClF4N4O3. The van der Waals surface area contributed by atoms with Gasteiger partial charge in [-0.15, -0.1) is 0 Å². The van der Waals surface area contributed by atoms with E-state index in [0.29, 0.717) is 0 Å². The summed E-state index contributed by atoms with van der Waals surface area (Å²) >= 11 is 5.73. The van der Waals surface area contributed by atoms with Crippen LogP contribution in [-0.2, 0) is 22.7 Å². The number of fused-ring (bicyclic) bond motifs is 1. The highest BCUT2D eigenvalue weighted by Crippen LogP contribution is 2.26. The number of nitrogens with one attached hydrogen (secondary N) is 1. The highest BCUT2D eigenvalue weighted by molar-refractivity contribution is 6.30. The number of nitrogens with zero attached hydrogens (tertiary/aromatic N) is 2. The monoisotopic (exact) mass is 510 g/mol. The zero-order valence-electron chi connectivity index (χ0n) is 18.0. The first-order valence-corrected chi connectivity index (χ1v) is 10.9. The number of hydrogen-bond acceptors (Lipinski definition) is 3. The predicted molar refractivity (Wildman–Crippen MR) is 119 cm³/mol. The van der Waals surface area contributed by atoms with Crippen LogP contribution in [0.2, 0.25) is 5.02 Å². The van der Waals surface area contributed by atoms with Gasteiger partial charge in [-0.3, -0.25) is 14.4 Å². The van der Waals surface area contributed by atoms with E-state index in [2.05, 4.69) is 5.32 Å². The van der Waals surface area contributed by atoms with Crippen molar-refractivity contribution in [1.29, 1.82) is 0 Å². The fourth-order valence-electron chi connectivity index (χ4n) is 4.14. The molecule has 2 heterocycles. The Morgan fingerprint density at radius 1 is 1.14 bits per heavy atom. The van der Waals surface area contributed by atoms with Crippen LogP contribution >= 0.6 is 11.6 Å². The molecule has 3 N–H and O–H groups in total. The highest BCUT2D eigenvalue weighted by Gasteiger charge is 2.39. The third-order valence-corrected chi connectivity index (χ3v) is 6.14. The number of likely N-dealkylation sites (tertiary alicyclic amines) is 1. The SMILES string of the molecule is NC(=O)c1cn(CC(=O)N2C[C@H](F)C[C@H]2C(=O)NCc2cccc(Cl)c2F)c2cc(F)c(F)cc12.